The summed E-state index contributed by atoms with van der Waals surface area (Å²) >= 11 is 0. The lowest BCUT2D eigenvalue weighted by molar-refractivity contribution is -0.131. The van der Waals surface area contributed by atoms with Gasteiger partial charge >= 0.3 is 5.97 Å². The van der Waals surface area contributed by atoms with Gasteiger partial charge in [0, 0.05) is 19.2 Å². The second kappa shape index (κ2) is 6.38. The topological polar surface area (TPSA) is 101 Å². The van der Waals surface area contributed by atoms with E-state index in [4.69, 9.17) is 10.8 Å². The van der Waals surface area contributed by atoms with Gasteiger partial charge in [-0.1, -0.05) is 12.1 Å². The molecule has 1 saturated heterocycles. The van der Waals surface area contributed by atoms with Crippen molar-refractivity contribution in [3.63, 3.8) is 0 Å². The fourth-order valence-corrected chi connectivity index (χ4v) is 3.81. The number of rotatable bonds is 5. The molecule has 1 unspecified atom stereocenters. The number of sulfonamides is 1. The summed E-state index contributed by atoms with van der Waals surface area (Å²) in [6.45, 7) is 1.44. The molecule has 0 radical (unpaired) electrons. The largest absolute Gasteiger partial charge is 0.478 e. The van der Waals surface area contributed by atoms with Crippen LogP contribution in [0.3, 0.4) is 0 Å². The minimum Gasteiger partial charge on any atom is -0.478 e. The number of nitrogens with two attached hydrogens (primary N) is 1. The van der Waals surface area contributed by atoms with Gasteiger partial charge in [0.2, 0.25) is 10.0 Å². The van der Waals surface area contributed by atoms with Gasteiger partial charge < -0.3 is 10.8 Å². The molecule has 1 aliphatic heterocycles. The van der Waals surface area contributed by atoms with Crippen LogP contribution >= 0.6 is 0 Å². The number of carboxylic acids is 1. The number of carboxylic acid groups (broad SMARTS) is 1. The van der Waals surface area contributed by atoms with Crippen molar-refractivity contribution in [2.75, 3.05) is 19.6 Å². The molecule has 0 aromatic heterocycles. The molecule has 6 nitrogen and oxygen atoms in total. The number of nitrogens with zero attached hydrogens (tertiary/aromatic N) is 1. The smallest absolute Gasteiger partial charge is 0.328 e. The molecule has 1 fully saturated rings. The van der Waals surface area contributed by atoms with Crippen molar-refractivity contribution in [2.45, 2.75) is 11.3 Å². The molecule has 0 bridgehead atoms. The summed E-state index contributed by atoms with van der Waals surface area (Å²) in [7, 11) is -3.49. The van der Waals surface area contributed by atoms with E-state index in [1.807, 2.05) is 0 Å². The summed E-state index contributed by atoms with van der Waals surface area (Å²) in [4.78, 5) is 10.6. The fourth-order valence-electron chi connectivity index (χ4n) is 2.28. The minimum absolute atomic E-state index is 0.215. The van der Waals surface area contributed by atoms with Gasteiger partial charge in [-0.2, -0.15) is 4.31 Å². The first-order valence-electron chi connectivity index (χ1n) is 6.65. The lowest BCUT2D eigenvalue weighted by atomic mass is 10.1. The van der Waals surface area contributed by atoms with Crippen LogP contribution in [0.25, 0.3) is 6.08 Å². The Labute approximate surface area is 123 Å². The third kappa shape index (κ3) is 3.69. The van der Waals surface area contributed by atoms with E-state index in [9.17, 15) is 13.2 Å². The Morgan fingerprint density at radius 3 is 2.57 bits per heavy atom. The van der Waals surface area contributed by atoms with Gasteiger partial charge in [-0.25, -0.2) is 13.2 Å². The van der Waals surface area contributed by atoms with E-state index in [1.54, 1.807) is 12.1 Å². The van der Waals surface area contributed by atoms with Crippen LogP contribution in [-0.4, -0.2) is 43.4 Å². The van der Waals surface area contributed by atoms with Gasteiger partial charge in [0.25, 0.3) is 0 Å². The predicted octanol–water partition coefficient (Wildman–Crippen LogP) is 0.754. The Hall–Kier alpha value is -1.70. The van der Waals surface area contributed by atoms with Gasteiger partial charge in [0.1, 0.15) is 0 Å². The summed E-state index contributed by atoms with van der Waals surface area (Å²) in [5.74, 6) is -0.825. The molecule has 0 amide bonds. The van der Waals surface area contributed by atoms with Gasteiger partial charge in [-0.05, 0) is 42.7 Å². The summed E-state index contributed by atoms with van der Waals surface area (Å²) in [6, 6.07) is 6.16. The molecular formula is C14H18N2O4S. The molecule has 1 aliphatic rings. The molecule has 3 N–H and O–H groups in total. The van der Waals surface area contributed by atoms with Crippen molar-refractivity contribution in [2.24, 2.45) is 11.7 Å². The van der Waals surface area contributed by atoms with Crippen LogP contribution in [0, 0.1) is 5.92 Å². The van der Waals surface area contributed by atoms with E-state index in [2.05, 4.69) is 0 Å². The first-order chi connectivity index (χ1) is 9.93. The third-order valence-corrected chi connectivity index (χ3v) is 5.40. The van der Waals surface area contributed by atoms with Crippen molar-refractivity contribution in [1.82, 2.24) is 4.31 Å². The molecule has 21 heavy (non-hydrogen) atoms. The SMILES string of the molecule is NCC1CCN(S(=O)(=O)c2ccc(C=CC(=O)O)cc2)C1. The highest BCUT2D eigenvalue weighted by atomic mass is 32.2. The normalized spacial score (nSPS) is 20.1. The average Bonchev–Trinajstić information content (AvgIpc) is 2.95. The van der Waals surface area contributed by atoms with Gasteiger partial charge in [0.05, 0.1) is 4.90 Å². The third-order valence-electron chi connectivity index (χ3n) is 3.52. The molecule has 1 atom stereocenters. The van der Waals surface area contributed by atoms with Crippen LogP contribution in [0.5, 0.6) is 0 Å². The van der Waals surface area contributed by atoms with E-state index < -0.39 is 16.0 Å². The van der Waals surface area contributed by atoms with Gasteiger partial charge in [-0.3, -0.25) is 0 Å². The van der Waals surface area contributed by atoms with Crippen molar-refractivity contribution in [3.8, 4) is 0 Å². The molecule has 1 aromatic carbocycles. The van der Waals surface area contributed by atoms with E-state index >= 15 is 0 Å². The van der Waals surface area contributed by atoms with Crippen molar-refractivity contribution >= 4 is 22.1 Å². The quantitative estimate of drug-likeness (QED) is 0.782. The molecule has 2 rings (SSSR count). The Kier molecular flexibility index (Phi) is 4.76. The Balaban J connectivity index is 2.16. The molecule has 0 spiro atoms. The summed E-state index contributed by atoms with van der Waals surface area (Å²) in [6.07, 6.45) is 3.21. The Bertz CT molecular complexity index is 637. The Morgan fingerprint density at radius 2 is 2.05 bits per heavy atom. The van der Waals surface area contributed by atoms with Crippen molar-refractivity contribution < 1.29 is 18.3 Å². The fraction of sp³-hybridized carbons (Fsp3) is 0.357. The molecule has 114 valence electrons. The minimum atomic E-state index is -3.49. The predicted molar refractivity (Wildman–Crippen MR) is 79.0 cm³/mol. The number of carbonyl (C=O) groups is 1. The maximum absolute atomic E-state index is 12.4. The second-order valence-corrected chi connectivity index (χ2v) is 6.93. The monoisotopic (exact) mass is 310 g/mol. The van der Waals surface area contributed by atoms with E-state index in [0.29, 0.717) is 25.2 Å². The van der Waals surface area contributed by atoms with Crippen LogP contribution in [0.1, 0.15) is 12.0 Å². The Morgan fingerprint density at radius 1 is 1.38 bits per heavy atom. The van der Waals surface area contributed by atoms with Crippen LogP contribution in [0.15, 0.2) is 35.2 Å². The lowest BCUT2D eigenvalue weighted by Crippen LogP contribution is -2.30. The zero-order valence-corrected chi connectivity index (χ0v) is 12.3. The van der Waals surface area contributed by atoms with Crippen LogP contribution in [-0.2, 0) is 14.8 Å². The number of aliphatic carboxylic acids is 1. The van der Waals surface area contributed by atoms with Crippen molar-refractivity contribution in [1.29, 1.82) is 0 Å². The number of hydrogen-bond donors (Lipinski definition) is 2. The highest BCUT2D eigenvalue weighted by Gasteiger charge is 2.31. The van der Waals surface area contributed by atoms with Crippen LogP contribution < -0.4 is 5.73 Å². The molecule has 1 aromatic rings. The van der Waals surface area contributed by atoms with Crippen LogP contribution in [0.4, 0.5) is 0 Å². The van der Waals surface area contributed by atoms with E-state index in [1.165, 1.54) is 22.5 Å². The zero-order valence-electron chi connectivity index (χ0n) is 11.5. The average molecular weight is 310 g/mol. The molecule has 0 aliphatic carbocycles. The first kappa shape index (κ1) is 15.7. The van der Waals surface area contributed by atoms with Crippen LogP contribution in [0.2, 0.25) is 0 Å². The summed E-state index contributed by atoms with van der Waals surface area (Å²) < 4.78 is 26.3. The first-order valence-corrected chi connectivity index (χ1v) is 8.09. The summed E-state index contributed by atoms with van der Waals surface area (Å²) in [5.41, 5.74) is 6.22. The van der Waals surface area contributed by atoms with E-state index in [0.717, 1.165) is 12.5 Å². The van der Waals surface area contributed by atoms with Gasteiger partial charge in [-0.15, -0.1) is 0 Å². The van der Waals surface area contributed by atoms with Crippen molar-refractivity contribution in [3.05, 3.63) is 35.9 Å². The highest BCUT2D eigenvalue weighted by molar-refractivity contribution is 7.89. The summed E-state index contributed by atoms with van der Waals surface area (Å²) in [5, 5.41) is 8.55. The molecule has 7 heteroatoms. The van der Waals surface area contributed by atoms with E-state index in [-0.39, 0.29) is 10.8 Å². The maximum Gasteiger partial charge on any atom is 0.328 e. The lowest BCUT2D eigenvalue weighted by Gasteiger charge is -2.16. The second-order valence-electron chi connectivity index (χ2n) is 4.99. The zero-order chi connectivity index (χ0) is 15.5. The molecular weight excluding hydrogens is 292 g/mol. The molecule has 1 heterocycles. The standard InChI is InChI=1S/C14H18N2O4S/c15-9-12-7-8-16(10-12)21(19,20)13-4-1-11(2-5-13)3-6-14(17)18/h1-6,12H,7-10,15H2,(H,17,18). The number of hydrogen-bond acceptors (Lipinski definition) is 4. The van der Waals surface area contributed by atoms with Gasteiger partial charge in [0.15, 0.2) is 0 Å². The highest BCUT2D eigenvalue weighted by Crippen LogP contribution is 2.24. The molecule has 0 saturated carbocycles. The maximum atomic E-state index is 12.4. The number of benzene rings is 1.